The van der Waals surface area contributed by atoms with E-state index in [-0.39, 0.29) is 34.9 Å². The largest absolute Gasteiger partial charge is 0.393 e. The van der Waals surface area contributed by atoms with E-state index >= 15 is 0 Å². The molecule has 0 aromatic carbocycles. The third kappa shape index (κ3) is 2.75. The Balaban J connectivity index is 2.02. The van der Waals surface area contributed by atoms with Crippen LogP contribution in [0, 0.1) is 34.5 Å². The average molecular weight is 347 g/mol. The fourth-order valence-corrected chi connectivity index (χ4v) is 7.14. The number of hydrogen-bond donors (Lipinski definition) is 2. The predicted octanol–water partition coefficient (Wildman–Crippen LogP) is 3.90. The van der Waals surface area contributed by atoms with Gasteiger partial charge >= 0.3 is 0 Å². The van der Waals surface area contributed by atoms with Crippen molar-refractivity contribution < 1.29 is 15.0 Å². The Labute approximate surface area is 152 Å². The Morgan fingerprint density at radius 3 is 2.56 bits per heavy atom. The molecule has 3 aliphatic carbocycles. The molecular weight excluding hydrogens is 312 g/mol. The molecule has 3 rings (SSSR count). The van der Waals surface area contributed by atoms with Gasteiger partial charge in [0.15, 0.2) is 0 Å². The number of aldehydes is 1. The van der Waals surface area contributed by atoms with Crippen LogP contribution in [-0.2, 0) is 4.79 Å². The second kappa shape index (κ2) is 6.66. The molecule has 0 aromatic heterocycles. The zero-order valence-corrected chi connectivity index (χ0v) is 16.1. The first-order valence-corrected chi connectivity index (χ1v) is 9.94. The first kappa shape index (κ1) is 18.8. The van der Waals surface area contributed by atoms with Crippen LogP contribution in [0.25, 0.3) is 0 Å². The van der Waals surface area contributed by atoms with Crippen LogP contribution in [0.1, 0.15) is 59.8 Å². The lowest BCUT2D eigenvalue weighted by molar-refractivity contribution is -0.125. The molecule has 3 heteroatoms. The number of fused-ring (bicyclic) bond motifs is 3. The van der Waals surface area contributed by atoms with Gasteiger partial charge in [-0.25, -0.2) is 0 Å². The molecule has 8 unspecified atom stereocenters. The van der Waals surface area contributed by atoms with Crippen molar-refractivity contribution in [3.05, 3.63) is 23.8 Å². The predicted molar refractivity (Wildman–Crippen MR) is 99.9 cm³/mol. The molecule has 0 aliphatic heterocycles. The van der Waals surface area contributed by atoms with E-state index in [1.165, 1.54) is 0 Å². The Morgan fingerprint density at radius 1 is 1.24 bits per heavy atom. The Kier molecular flexibility index (Phi) is 5.02. The number of carbonyl (C=O) groups excluding carboxylic acids is 1. The molecule has 0 saturated heterocycles. The monoisotopic (exact) mass is 346 g/mol. The third-order valence-electron chi connectivity index (χ3n) is 8.02. The van der Waals surface area contributed by atoms with Crippen molar-refractivity contribution >= 4 is 6.29 Å². The lowest BCUT2D eigenvalue weighted by Crippen LogP contribution is -2.56. The van der Waals surface area contributed by atoms with Gasteiger partial charge in [-0.05, 0) is 75.2 Å². The quantitative estimate of drug-likeness (QED) is 0.463. The van der Waals surface area contributed by atoms with Gasteiger partial charge in [-0.3, -0.25) is 4.79 Å². The van der Waals surface area contributed by atoms with Crippen molar-refractivity contribution in [1.82, 2.24) is 0 Å². The van der Waals surface area contributed by atoms with Crippen molar-refractivity contribution in [2.24, 2.45) is 34.5 Å². The number of carbonyl (C=O) groups is 1. The molecule has 0 radical (unpaired) electrons. The Hall–Kier alpha value is -0.930. The Bertz CT molecular complexity index is 578. The fourth-order valence-electron chi connectivity index (χ4n) is 7.14. The molecule has 0 heterocycles. The molecule has 8 atom stereocenters. The minimum atomic E-state index is -0.387. The molecule has 3 fully saturated rings. The normalized spacial score (nSPS) is 49.8. The van der Waals surface area contributed by atoms with Gasteiger partial charge in [0.2, 0.25) is 0 Å². The lowest BCUT2D eigenvalue weighted by Gasteiger charge is -2.58. The summed E-state index contributed by atoms with van der Waals surface area (Å²) in [7, 11) is 0. The highest BCUT2D eigenvalue weighted by Crippen LogP contribution is 2.66. The maximum absolute atomic E-state index is 11.2. The second-order valence-corrected chi connectivity index (χ2v) is 9.15. The average Bonchev–Trinajstić information content (AvgIpc) is 2.87. The van der Waals surface area contributed by atoms with E-state index in [1.807, 2.05) is 13.8 Å². The van der Waals surface area contributed by atoms with Crippen LogP contribution >= 0.6 is 0 Å². The van der Waals surface area contributed by atoms with Gasteiger partial charge in [0.1, 0.15) is 6.29 Å². The summed E-state index contributed by atoms with van der Waals surface area (Å²) in [6.45, 7) is 8.43. The van der Waals surface area contributed by atoms with E-state index in [0.29, 0.717) is 11.8 Å². The molecule has 0 aromatic rings. The van der Waals surface area contributed by atoms with Crippen LogP contribution in [0.3, 0.4) is 0 Å². The van der Waals surface area contributed by atoms with Gasteiger partial charge in [-0.1, -0.05) is 31.6 Å². The van der Waals surface area contributed by atoms with Crippen LogP contribution in [0.2, 0.25) is 0 Å². The SMILES string of the molecule is C/C=C\C1(C)/C(=C\C=O)CCC2C1C(O)CC1(C)C(C(C)O)CCC21. The molecule has 2 N–H and O–H groups in total. The first-order chi connectivity index (χ1) is 11.8. The molecular formula is C22H34O3. The van der Waals surface area contributed by atoms with Crippen molar-refractivity contribution in [3.8, 4) is 0 Å². The number of aliphatic hydroxyl groups is 2. The zero-order chi connectivity index (χ0) is 18.4. The van der Waals surface area contributed by atoms with Crippen molar-refractivity contribution in [3.63, 3.8) is 0 Å². The second-order valence-electron chi connectivity index (χ2n) is 9.15. The summed E-state index contributed by atoms with van der Waals surface area (Å²) in [4.78, 5) is 11.2. The number of aliphatic hydroxyl groups excluding tert-OH is 2. The molecule has 3 saturated carbocycles. The van der Waals surface area contributed by atoms with E-state index in [0.717, 1.165) is 44.0 Å². The number of rotatable bonds is 3. The van der Waals surface area contributed by atoms with Crippen LogP contribution in [-0.4, -0.2) is 28.7 Å². The molecule has 3 aliphatic rings. The summed E-state index contributed by atoms with van der Waals surface area (Å²) in [5.74, 6) is 1.47. The molecule has 140 valence electrons. The maximum Gasteiger partial charge on any atom is 0.142 e. The van der Waals surface area contributed by atoms with Gasteiger partial charge < -0.3 is 10.2 Å². The summed E-state index contributed by atoms with van der Waals surface area (Å²) >= 11 is 0. The molecule has 0 bridgehead atoms. The van der Waals surface area contributed by atoms with Gasteiger partial charge in [0, 0.05) is 11.3 Å². The topological polar surface area (TPSA) is 57.5 Å². The fraction of sp³-hybridized carbons (Fsp3) is 0.773. The van der Waals surface area contributed by atoms with Crippen molar-refractivity contribution in [1.29, 1.82) is 0 Å². The standard InChI is InChI=1S/C22H34O3/c1-5-11-21(3)15(10-12-23)6-7-16-18-9-8-17(14(2)24)22(18,4)13-19(25)20(16)21/h5,10-12,14,16-20,24-25H,6-9,13H2,1-4H3/b11-5-,15-10-. The first-order valence-electron chi connectivity index (χ1n) is 9.94. The van der Waals surface area contributed by atoms with Gasteiger partial charge in [-0.15, -0.1) is 0 Å². The summed E-state index contributed by atoms with van der Waals surface area (Å²) in [6.07, 6.45) is 11.1. The minimum absolute atomic E-state index is 0.0253. The highest BCUT2D eigenvalue weighted by molar-refractivity contribution is 5.67. The highest BCUT2D eigenvalue weighted by atomic mass is 16.3. The van der Waals surface area contributed by atoms with Gasteiger partial charge in [0.25, 0.3) is 0 Å². The minimum Gasteiger partial charge on any atom is -0.393 e. The summed E-state index contributed by atoms with van der Waals surface area (Å²) in [5.41, 5.74) is 0.939. The van der Waals surface area contributed by atoms with Crippen molar-refractivity contribution in [2.75, 3.05) is 0 Å². The zero-order valence-electron chi connectivity index (χ0n) is 16.1. The highest BCUT2D eigenvalue weighted by Gasteiger charge is 2.61. The summed E-state index contributed by atoms with van der Waals surface area (Å²) in [5, 5.41) is 21.5. The van der Waals surface area contributed by atoms with Gasteiger partial charge in [-0.2, -0.15) is 0 Å². The van der Waals surface area contributed by atoms with E-state index in [9.17, 15) is 15.0 Å². The summed E-state index contributed by atoms with van der Waals surface area (Å²) in [6, 6.07) is 0. The van der Waals surface area contributed by atoms with Crippen molar-refractivity contribution in [2.45, 2.75) is 72.0 Å². The lowest BCUT2D eigenvalue weighted by atomic mass is 9.47. The third-order valence-corrected chi connectivity index (χ3v) is 8.02. The van der Waals surface area contributed by atoms with Crippen LogP contribution in [0.4, 0.5) is 0 Å². The van der Waals surface area contributed by atoms with Gasteiger partial charge in [0.05, 0.1) is 12.2 Å². The maximum atomic E-state index is 11.2. The van der Waals surface area contributed by atoms with E-state index in [2.05, 4.69) is 26.0 Å². The molecule has 0 amide bonds. The van der Waals surface area contributed by atoms with Crippen LogP contribution < -0.4 is 0 Å². The van der Waals surface area contributed by atoms with E-state index in [4.69, 9.17) is 0 Å². The Morgan fingerprint density at radius 2 is 1.96 bits per heavy atom. The molecule has 3 nitrogen and oxygen atoms in total. The smallest absolute Gasteiger partial charge is 0.142 e. The number of allylic oxidation sites excluding steroid dienone is 4. The van der Waals surface area contributed by atoms with Crippen LogP contribution in [0.5, 0.6) is 0 Å². The molecule has 25 heavy (non-hydrogen) atoms. The number of hydrogen-bond acceptors (Lipinski definition) is 3. The summed E-state index contributed by atoms with van der Waals surface area (Å²) < 4.78 is 0. The van der Waals surface area contributed by atoms with E-state index in [1.54, 1.807) is 6.08 Å². The van der Waals surface area contributed by atoms with E-state index < -0.39 is 0 Å². The molecule has 0 spiro atoms. The van der Waals surface area contributed by atoms with Crippen LogP contribution in [0.15, 0.2) is 23.8 Å².